The molecule has 2 aromatic carbocycles. The van der Waals surface area contributed by atoms with Crippen LogP contribution in [0.25, 0.3) is 0 Å². The van der Waals surface area contributed by atoms with Crippen LogP contribution in [0.15, 0.2) is 46.9 Å². The minimum atomic E-state index is -3.42. The zero-order valence-corrected chi connectivity index (χ0v) is 24.8. The molecule has 0 spiro atoms. The first-order valence-electron chi connectivity index (χ1n) is 14.7. The van der Waals surface area contributed by atoms with E-state index in [1.54, 1.807) is 19.0 Å². The number of aryl methyl sites for hydroxylation is 1. The normalized spacial score (nSPS) is 29.6. The van der Waals surface area contributed by atoms with Crippen molar-refractivity contribution < 1.29 is 23.4 Å². The largest absolute Gasteiger partial charge is 0.508 e. The van der Waals surface area contributed by atoms with E-state index in [1.165, 1.54) is 23.0 Å². The smallest absolute Gasteiger partial charge is 0.254 e. The van der Waals surface area contributed by atoms with Crippen LogP contribution in [0.5, 0.6) is 11.5 Å². The highest BCUT2D eigenvalue weighted by Crippen LogP contribution is 2.65. The molecular formula is C32H44N2O5S. The van der Waals surface area contributed by atoms with Gasteiger partial charge in [-0.15, -0.1) is 0 Å². The summed E-state index contributed by atoms with van der Waals surface area (Å²) in [6.45, 7) is 2.85. The lowest BCUT2D eigenvalue weighted by Gasteiger charge is -2.54. The van der Waals surface area contributed by atoms with Crippen molar-refractivity contribution in [1.29, 1.82) is 0 Å². The summed E-state index contributed by atoms with van der Waals surface area (Å²) < 4.78 is 33.5. The lowest BCUT2D eigenvalue weighted by molar-refractivity contribution is -0.0323. The number of phenols is 1. The van der Waals surface area contributed by atoms with Gasteiger partial charge in [-0.2, -0.15) is 4.40 Å². The van der Waals surface area contributed by atoms with Gasteiger partial charge in [0, 0.05) is 14.1 Å². The molecule has 0 amide bonds. The van der Waals surface area contributed by atoms with Crippen LogP contribution in [-0.4, -0.2) is 62.4 Å². The zero-order valence-electron chi connectivity index (χ0n) is 24.0. The Morgan fingerprint density at radius 1 is 1.07 bits per heavy atom. The summed E-state index contributed by atoms with van der Waals surface area (Å²) >= 11 is 0. The number of rotatable bonds is 10. The fourth-order valence-electron chi connectivity index (χ4n) is 7.78. The van der Waals surface area contributed by atoms with Gasteiger partial charge >= 0.3 is 0 Å². The van der Waals surface area contributed by atoms with E-state index in [-0.39, 0.29) is 17.3 Å². The van der Waals surface area contributed by atoms with Gasteiger partial charge in [-0.25, -0.2) is 8.42 Å². The van der Waals surface area contributed by atoms with Crippen LogP contribution in [-0.2, 0) is 16.4 Å². The summed E-state index contributed by atoms with van der Waals surface area (Å²) in [4.78, 5) is 1.61. The molecule has 2 saturated carbocycles. The molecule has 5 rings (SSSR count). The SMILES string of the molecule is CN(C)C=NS(=O)(=O)CCCCCOc1ccc([C@H]2C[C@]3(C)[C@@H](O)CC[C@H]3[C@@H]3CCc4cc(O)ccc4[C@H]32)cc1. The van der Waals surface area contributed by atoms with E-state index in [1.807, 2.05) is 24.3 Å². The average molecular weight is 569 g/mol. The van der Waals surface area contributed by atoms with Crippen LogP contribution >= 0.6 is 0 Å². The molecule has 0 heterocycles. The van der Waals surface area contributed by atoms with Gasteiger partial charge in [-0.05, 0) is 121 Å². The minimum Gasteiger partial charge on any atom is -0.508 e. The Morgan fingerprint density at radius 2 is 1.85 bits per heavy atom. The first-order valence-corrected chi connectivity index (χ1v) is 16.4. The van der Waals surface area contributed by atoms with Gasteiger partial charge in [0.25, 0.3) is 10.0 Å². The molecule has 40 heavy (non-hydrogen) atoms. The molecule has 8 heteroatoms. The number of sulfonamides is 1. The van der Waals surface area contributed by atoms with Crippen molar-refractivity contribution in [2.45, 2.75) is 76.2 Å². The number of unbranched alkanes of at least 4 members (excludes halogenated alkanes) is 2. The molecule has 6 atom stereocenters. The molecule has 3 aliphatic carbocycles. The average Bonchev–Trinajstić information content (AvgIpc) is 3.23. The van der Waals surface area contributed by atoms with Crippen molar-refractivity contribution in [3.05, 3.63) is 59.2 Å². The van der Waals surface area contributed by atoms with E-state index in [0.717, 1.165) is 50.7 Å². The van der Waals surface area contributed by atoms with Crippen molar-refractivity contribution in [3.8, 4) is 11.5 Å². The molecule has 0 saturated heterocycles. The molecule has 218 valence electrons. The fraction of sp³-hybridized carbons (Fsp3) is 0.594. The monoisotopic (exact) mass is 568 g/mol. The number of ether oxygens (including phenoxy) is 1. The standard InChI is InChI=1S/C32H44N2O5S/c1-32-20-28(31-26-14-10-24(35)19-23(26)9-13-27(31)29(32)15-16-30(32)36)22-7-11-25(12-8-22)39-17-5-4-6-18-40(37,38)33-21-34(2)3/h7-8,10-12,14,19,21,27-31,35-36H,4-6,9,13,15-18,20H2,1-3H3/t27-,28+,29-,30-,31+,32-/m0/s1. The first kappa shape index (κ1) is 28.9. The molecule has 3 aliphatic rings. The van der Waals surface area contributed by atoms with Gasteiger partial charge in [0.05, 0.1) is 18.5 Å². The fourth-order valence-corrected chi connectivity index (χ4v) is 8.78. The van der Waals surface area contributed by atoms with Crippen LogP contribution in [0.3, 0.4) is 0 Å². The van der Waals surface area contributed by atoms with Gasteiger partial charge in [-0.3, -0.25) is 0 Å². The Hall–Kier alpha value is -2.58. The molecule has 2 N–H and O–H groups in total. The van der Waals surface area contributed by atoms with Crippen LogP contribution in [0, 0.1) is 17.3 Å². The van der Waals surface area contributed by atoms with Gasteiger partial charge in [0.1, 0.15) is 17.8 Å². The van der Waals surface area contributed by atoms with Crippen molar-refractivity contribution in [2.24, 2.45) is 21.6 Å². The Bertz CT molecular complexity index is 1310. The third-order valence-corrected chi connectivity index (χ3v) is 10.9. The summed E-state index contributed by atoms with van der Waals surface area (Å²) in [5.74, 6) is 2.96. The first-order chi connectivity index (χ1) is 19.1. The molecule has 0 unspecified atom stereocenters. The summed E-state index contributed by atoms with van der Waals surface area (Å²) in [7, 11) is 0.0682. The number of nitrogens with zero attached hydrogens (tertiary/aromatic N) is 2. The number of fused-ring (bicyclic) bond motifs is 5. The second kappa shape index (κ2) is 11.7. The van der Waals surface area contributed by atoms with Gasteiger partial charge < -0.3 is 19.8 Å². The molecule has 0 aromatic heterocycles. The number of aliphatic hydroxyl groups excluding tert-OH is 1. The van der Waals surface area contributed by atoms with E-state index in [2.05, 4.69) is 29.5 Å². The van der Waals surface area contributed by atoms with Crippen molar-refractivity contribution >= 4 is 16.4 Å². The molecule has 0 aliphatic heterocycles. The topological polar surface area (TPSA) is 99.4 Å². The van der Waals surface area contributed by atoms with E-state index in [0.29, 0.717) is 42.4 Å². The van der Waals surface area contributed by atoms with Crippen LogP contribution in [0.1, 0.15) is 80.4 Å². The van der Waals surface area contributed by atoms with Gasteiger partial charge in [0.15, 0.2) is 0 Å². The molecular weight excluding hydrogens is 524 g/mol. The molecule has 0 bridgehead atoms. The number of aromatic hydroxyl groups is 1. The predicted octanol–water partition coefficient (Wildman–Crippen LogP) is 5.47. The number of benzene rings is 2. The molecule has 2 aromatic rings. The quantitative estimate of drug-likeness (QED) is 0.224. The second-order valence-electron chi connectivity index (χ2n) is 12.6. The zero-order chi connectivity index (χ0) is 28.5. The third kappa shape index (κ3) is 6.03. The summed E-state index contributed by atoms with van der Waals surface area (Å²) in [6.07, 6.45) is 8.22. The highest BCUT2D eigenvalue weighted by atomic mass is 32.2. The van der Waals surface area contributed by atoms with E-state index in [9.17, 15) is 18.6 Å². The number of aliphatic hydroxyl groups is 1. The van der Waals surface area contributed by atoms with E-state index < -0.39 is 10.0 Å². The Balaban J connectivity index is 1.23. The molecule has 0 radical (unpaired) electrons. The van der Waals surface area contributed by atoms with Gasteiger partial charge in [0.2, 0.25) is 0 Å². The highest BCUT2D eigenvalue weighted by molar-refractivity contribution is 7.90. The second-order valence-corrected chi connectivity index (χ2v) is 14.4. The summed E-state index contributed by atoms with van der Waals surface area (Å²) in [6, 6.07) is 14.4. The van der Waals surface area contributed by atoms with Crippen LogP contribution in [0.4, 0.5) is 0 Å². The van der Waals surface area contributed by atoms with E-state index in [4.69, 9.17) is 4.74 Å². The third-order valence-electron chi connectivity index (χ3n) is 9.73. The highest BCUT2D eigenvalue weighted by Gasteiger charge is 2.57. The lowest BCUT2D eigenvalue weighted by atomic mass is 9.51. The number of phenolic OH excluding ortho intramolecular Hbond substituents is 1. The number of hydrogen-bond acceptors (Lipinski definition) is 5. The van der Waals surface area contributed by atoms with Crippen molar-refractivity contribution in [2.75, 3.05) is 26.5 Å². The lowest BCUT2D eigenvalue weighted by Crippen LogP contribution is -2.47. The van der Waals surface area contributed by atoms with Crippen molar-refractivity contribution in [1.82, 2.24) is 4.90 Å². The molecule has 2 fully saturated rings. The molecule has 7 nitrogen and oxygen atoms in total. The minimum absolute atomic E-state index is 0.0484. The Morgan fingerprint density at radius 3 is 2.60 bits per heavy atom. The maximum absolute atomic E-state index is 11.9. The maximum Gasteiger partial charge on any atom is 0.254 e. The van der Waals surface area contributed by atoms with Gasteiger partial charge in [-0.1, -0.05) is 25.1 Å². The predicted molar refractivity (Wildman–Crippen MR) is 159 cm³/mol. The van der Waals surface area contributed by atoms with E-state index >= 15 is 0 Å². The maximum atomic E-state index is 11.9. The van der Waals surface area contributed by atoms with Crippen LogP contribution < -0.4 is 4.74 Å². The van der Waals surface area contributed by atoms with Crippen LogP contribution in [0.2, 0.25) is 0 Å². The summed E-state index contributed by atoms with van der Waals surface area (Å²) in [5, 5.41) is 21.2. The number of hydrogen-bond donors (Lipinski definition) is 2. The Kier molecular flexibility index (Phi) is 8.48. The summed E-state index contributed by atoms with van der Waals surface area (Å²) in [5.41, 5.74) is 3.86. The van der Waals surface area contributed by atoms with Crippen molar-refractivity contribution in [3.63, 3.8) is 0 Å². The Labute approximate surface area is 239 Å².